The Balaban J connectivity index is 2.41. The SMILES string of the molecule is CCC(C)(C)/C=C/C1CCCCCN1. The lowest BCUT2D eigenvalue weighted by atomic mass is 9.89. The molecule has 0 bridgehead atoms. The molecule has 0 aromatic rings. The van der Waals surface area contributed by atoms with Crippen LogP contribution in [0.25, 0.3) is 0 Å². The predicted octanol–water partition coefficient (Wildman–Crippen LogP) is 3.51. The molecule has 1 nitrogen and oxygen atoms in total. The number of allylic oxidation sites excluding steroid dienone is 1. The Morgan fingerprint density at radius 3 is 2.79 bits per heavy atom. The minimum Gasteiger partial charge on any atom is -0.311 e. The first-order valence-electron chi connectivity index (χ1n) is 6.07. The first-order valence-corrected chi connectivity index (χ1v) is 6.07. The smallest absolute Gasteiger partial charge is 0.0250 e. The largest absolute Gasteiger partial charge is 0.311 e. The van der Waals surface area contributed by atoms with Gasteiger partial charge in [-0.25, -0.2) is 0 Å². The lowest BCUT2D eigenvalue weighted by Crippen LogP contribution is -2.26. The summed E-state index contributed by atoms with van der Waals surface area (Å²) in [4.78, 5) is 0. The molecular formula is C13H25N. The van der Waals surface area contributed by atoms with Crippen LogP contribution in [0.2, 0.25) is 0 Å². The van der Waals surface area contributed by atoms with Crippen LogP contribution in [-0.2, 0) is 0 Å². The molecule has 1 saturated heterocycles. The second-order valence-corrected chi connectivity index (χ2v) is 5.11. The van der Waals surface area contributed by atoms with E-state index in [0.717, 1.165) is 0 Å². The molecular weight excluding hydrogens is 170 g/mol. The van der Waals surface area contributed by atoms with Gasteiger partial charge in [-0.05, 0) is 31.2 Å². The fraction of sp³-hybridized carbons (Fsp3) is 0.846. The summed E-state index contributed by atoms with van der Waals surface area (Å²) < 4.78 is 0. The Hall–Kier alpha value is -0.300. The van der Waals surface area contributed by atoms with Crippen molar-refractivity contribution in [1.29, 1.82) is 0 Å². The third kappa shape index (κ3) is 4.28. The number of rotatable bonds is 3. The third-order valence-corrected chi connectivity index (χ3v) is 3.29. The van der Waals surface area contributed by atoms with E-state index in [-0.39, 0.29) is 0 Å². The van der Waals surface area contributed by atoms with Crippen LogP contribution in [0.5, 0.6) is 0 Å². The quantitative estimate of drug-likeness (QED) is 0.680. The zero-order valence-electron chi connectivity index (χ0n) is 9.97. The van der Waals surface area contributed by atoms with Crippen LogP contribution in [-0.4, -0.2) is 12.6 Å². The number of hydrogen-bond acceptors (Lipinski definition) is 1. The molecule has 0 spiro atoms. The minimum absolute atomic E-state index is 0.369. The van der Waals surface area contributed by atoms with Gasteiger partial charge in [0.1, 0.15) is 0 Å². The number of nitrogens with one attached hydrogen (secondary N) is 1. The lowest BCUT2D eigenvalue weighted by Gasteiger charge is -2.19. The van der Waals surface area contributed by atoms with Crippen LogP contribution >= 0.6 is 0 Å². The van der Waals surface area contributed by atoms with Gasteiger partial charge in [-0.15, -0.1) is 0 Å². The topological polar surface area (TPSA) is 12.0 Å². The zero-order chi connectivity index (χ0) is 10.4. The Morgan fingerprint density at radius 1 is 1.29 bits per heavy atom. The summed E-state index contributed by atoms with van der Waals surface area (Å²) in [5, 5.41) is 3.59. The molecule has 1 aliphatic rings. The van der Waals surface area contributed by atoms with E-state index in [1.54, 1.807) is 0 Å². The van der Waals surface area contributed by atoms with E-state index in [0.29, 0.717) is 11.5 Å². The Morgan fingerprint density at radius 2 is 2.07 bits per heavy atom. The highest BCUT2D eigenvalue weighted by molar-refractivity contribution is 5.00. The van der Waals surface area contributed by atoms with Crippen molar-refractivity contribution in [1.82, 2.24) is 5.32 Å². The molecule has 1 N–H and O–H groups in total. The summed E-state index contributed by atoms with van der Waals surface area (Å²) in [7, 11) is 0. The monoisotopic (exact) mass is 195 g/mol. The first-order chi connectivity index (χ1) is 6.64. The molecule has 0 aromatic carbocycles. The lowest BCUT2D eigenvalue weighted by molar-refractivity contribution is 0.456. The molecule has 0 amide bonds. The first kappa shape index (κ1) is 11.8. The Kier molecular flexibility index (Phi) is 4.67. The minimum atomic E-state index is 0.369. The van der Waals surface area contributed by atoms with Gasteiger partial charge in [0.15, 0.2) is 0 Å². The summed E-state index contributed by atoms with van der Waals surface area (Å²) in [5.74, 6) is 0. The second-order valence-electron chi connectivity index (χ2n) is 5.11. The van der Waals surface area contributed by atoms with Crippen molar-refractivity contribution in [3.05, 3.63) is 12.2 Å². The molecule has 1 atom stereocenters. The van der Waals surface area contributed by atoms with Gasteiger partial charge < -0.3 is 5.32 Å². The van der Waals surface area contributed by atoms with Crippen molar-refractivity contribution in [3.63, 3.8) is 0 Å². The average molecular weight is 195 g/mol. The third-order valence-electron chi connectivity index (χ3n) is 3.29. The molecule has 1 rings (SSSR count). The van der Waals surface area contributed by atoms with Crippen LogP contribution in [0.4, 0.5) is 0 Å². The molecule has 14 heavy (non-hydrogen) atoms. The summed E-state index contributed by atoms with van der Waals surface area (Å²) in [5.41, 5.74) is 0.369. The molecule has 1 unspecified atom stereocenters. The normalized spacial score (nSPS) is 25.2. The van der Waals surface area contributed by atoms with E-state index in [1.165, 1.54) is 38.6 Å². The van der Waals surface area contributed by atoms with Crippen molar-refractivity contribution in [3.8, 4) is 0 Å². The van der Waals surface area contributed by atoms with Gasteiger partial charge in [-0.2, -0.15) is 0 Å². The standard InChI is InChI=1S/C13H25N/c1-4-13(2,3)10-9-12-8-6-5-7-11-14-12/h9-10,12,14H,4-8,11H2,1-3H3/b10-9+. The van der Waals surface area contributed by atoms with Gasteiger partial charge in [0.2, 0.25) is 0 Å². The average Bonchev–Trinajstić information content (AvgIpc) is 2.43. The van der Waals surface area contributed by atoms with Crippen molar-refractivity contribution in [2.24, 2.45) is 5.41 Å². The van der Waals surface area contributed by atoms with Gasteiger partial charge in [-0.3, -0.25) is 0 Å². The predicted molar refractivity (Wildman–Crippen MR) is 63.5 cm³/mol. The summed E-state index contributed by atoms with van der Waals surface area (Å²) in [6, 6.07) is 0.628. The Bertz CT molecular complexity index is 174. The summed E-state index contributed by atoms with van der Waals surface area (Å²) in [6.45, 7) is 8.06. The highest BCUT2D eigenvalue weighted by Gasteiger charge is 2.12. The molecule has 1 heteroatoms. The highest BCUT2D eigenvalue weighted by atomic mass is 14.9. The fourth-order valence-corrected chi connectivity index (χ4v) is 1.71. The van der Waals surface area contributed by atoms with Crippen LogP contribution in [0.15, 0.2) is 12.2 Å². The van der Waals surface area contributed by atoms with Gasteiger partial charge in [0.05, 0.1) is 0 Å². The maximum absolute atomic E-state index is 3.59. The fourth-order valence-electron chi connectivity index (χ4n) is 1.71. The molecule has 1 heterocycles. The van der Waals surface area contributed by atoms with E-state index in [9.17, 15) is 0 Å². The molecule has 0 saturated carbocycles. The van der Waals surface area contributed by atoms with Gasteiger partial charge in [-0.1, -0.05) is 45.8 Å². The van der Waals surface area contributed by atoms with Gasteiger partial charge in [0, 0.05) is 6.04 Å². The number of hydrogen-bond donors (Lipinski definition) is 1. The van der Waals surface area contributed by atoms with Crippen molar-refractivity contribution < 1.29 is 0 Å². The van der Waals surface area contributed by atoms with E-state index < -0.39 is 0 Å². The maximum Gasteiger partial charge on any atom is 0.0250 e. The van der Waals surface area contributed by atoms with E-state index >= 15 is 0 Å². The summed E-state index contributed by atoms with van der Waals surface area (Å²) in [6.07, 6.45) is 11.4. The molecule has 0 aliphatic carbocycles. The molecule has 1 aliphatic heterocycles. The molecule has 0 radical (unpaired) electrons. The van der Waals surface area contributed by atoms with Crippen molar-refractivity contribution in [2.45, 2.75) is 58.9 Å². The van der Waals surface area contributed by atoms with Crippen molar-refractivity contribution in [2.75, 3.05) is 6.54 Å². The summed E-state index contributed by atoms with van der Waals surface area (Å²) >= 11 is 0. The van der Waals surface area contributed by atoms with Crippen molar-refractivity contribution >= 4 is 0 Å². The van der Waals surface area contributed by atoms with Crippen LogP contribution < -0.4 is 5.32 Å². The van der Waals surface area contributed by atoms with Gasteiger partial charge in [0.25, 0.3) is 0 Å². The van der Waals surface area contributed by atoms with E-state index in [4.69, 9.17) is 0 Å². The Labute approximate surface area is 89.0 Å². The van der Waals surface area contributed by atoms with E-state index in [2.05, 4.69) is 38.2 Å². The van der Waals surface area contributed by atoms with E-state index in [1.807, 2.05) is 0 Å². The van der Waals surface area contributed by atoms with Crippen LogP contribution in [0, 0.1) is 5.41 Å². The van der Waals surface area contributed by atoms with Crippen LogP contribution in [0.1, 0.15) is 52.9 Å². The molecule has 0 aromatic heterocycles. The maximum atomic E-state index is 3.59. The van der Waals surface area contributed by atoms with Gasteiger partial charge >= 0.3 is 0 Å². The molecule has 1 fully saturated rings. The second kappa shape index (κ2) is 5.55. The molecule has 82 valence electrons. The van der Waals surface area contributed by atoms with Crippen LogP contribution in [0.3, 0.4) is 0 Å². The highest BCUT2D eigenvalue weighted by Crippen LogP contribution is 2.22. The zero-order valence-corrected chi connectivity index (χ0v) is 9.97.